The van der Waals surface area contributed by atoms with Crippen LogP contribution in [0.25, 0.3) is 0 Å². The first-order chi connectivity index (χ1) is 16.9. The van der Waals surface area contributed by atoms with Gasteiger partial charge in [0, 0.05) is 25.0 Å². The third-order valence-corrected chi connectivity index (χ3v) is 5.43. The van der Waals surface area contributed by atoms with Gasteiger partial charge in [0.25, 0.3) is 0 Å². The van der Waals surface area contributed by atoms with Crippen LogP contribution in [0.5, 0.6) is 0 Å². The number of hydrogen-bond donors (Lipinski definition) is 8. The lowest BCUT2D eigenvalue weighted by molar-refractivity contribution is -0.142. The third kappa shape index (κ3) is 11.2. The molecule has 0 heterocycles. The molecule has 0 radical (unpaired) electrons. The summed E-state index contributed by atoms with van der Waals surface area (Å²) in [5, 5.41) is 16.5. The molecule has 0 aliphatic carbocycles. The Morgan fingerprint density at radius 2 is 1.28 bits per heavy atom. The van der Waals surface area contributed by atoms with Gasteiger partial charge in [0.05, 0.1) is 6.04 Å². The quantitative estimate of drug-likeness (QED) is 0.108. The molecular weight excluding hydrogens is 492 g/mol. The van der Waals surface area contributed by atoms with Gasteiger partial charge in [-0.25, -0.2) is 4.79 Å². The molecule has 1 aromatic carbocycles. The van der Waals surface area contributed by atoms with E-state index in [-0.39, 0.29) is 37.9 Å². The van der Waals surface area contributed by atoms with Crippen LogP contribution in [0.1, 0.15) is 31.2 Å². The maximum absolute atomic E-state index is 13.0. The first-order valence-corrected chi connectivity index (χ1v) is 11.7. The third-order valence-electron chi connectivity index (χ3n) is 5.06. The highest BCUT2D eigenvalue weighted by atomic mass is 32.1. The van der Waals surface area contributed by atoms with Gasteiger partial charge in [0.15, 0.2) is 0 Å². The normalized spacial score (nSPS) is 13.9. The van der Waals surface area contributed by atoms with Crippen LogP contribution in [0.3, 0.4) is 0 Å². The Kier molecular flexibility index (Phi) is 13.0. The van der Waals surface area contributed by atoms with E-state index in [1.807, 2.05) is 0 Å². The highest BCUT2D eigenvalue weighted by molar-refractivity contribution is 7.80. The van der Waals surface area contributed by atoms with E-state index < -0.39 is 59.7 Å². The number of nitrogens with one attached hydrogen (secondary N) is 3. The molecule has 0 bridgehead atoms. The molecule has 1 aromatic rings. The second kappa shape index (κ2) is 15.4. The van der Waals surface area contributed by atoms with Crippen LogP contribution in [0.2, 0.25) is 0 Å². The number of primary amides is 2. The van der Waals surface area contributed by atoms with Gasteiger partial charge in [-0.2, -0.15) is 12.6 Å². The van der Waals surface area contributed by atoms with E-state index in [9.17, 15) is 33.9 Å². The predicted octanol–water partition coefficient (Wildman–Crippen LogP) is -2.44. The Balaban J connectivity index is 2.96. The lowest BCUT2D eigenvalue weighted by atomic mass is 10.0. The van der Waals surface area contributed by atoms with E-state index in [2.05, 4.69) is 28.6 Å². The second-order valence-electron chi connectivity index (χ2n) is 8.01. The van der Waals surface area contributed by atoms with Crippen molar-refractivity contribution in [3.8, 4) is 0 Å². The van der Waals surface area contributed by atoms with Gasteiger partial charge in [-0.3, -0.25) is 24.0 Å². The van der Waals surface area contributed by atoms with Crippen molar-refractivity contribution in [2.75, 3.05) is 5.75 Å². The number of hydrogen-bond acceptors (Lipinski definition) is 8. The minimum Gasteiger partial charge on any atom is -0.480 e. The molecule has 0 saturated heterocycles. The average molecular weight is 525 g/mol. The molecule has 0 fully saturated rings. The molecule has 0 aliphatic rings. The molecule has 1 rings (SSSR count). The number of rotatable bonds is 16. The van der Waals surface area contributed by atoms with E-state index in [4.69, 9.17) is 17.2 Å². The van der Waals surface area contributed by atoms with Crippen LogP contribution in [0.15, 0.2) is 30.3 Å². The smallest absolute Gasteiger partial charge is 0.326 e. The van der Waals surface area contributed by atoms with Crippen molar-refractivity contribution in [1.82, 2.24) is 16.0 Å². The first kappa shape index (κ1) is 30.4. The molecule has 5 amide bonds. The molecule has 198 valence electrons. The fourth-order valence-electron chi connectivity index (χ4n) is 3.05. The van der Waals surface area contributed by atoms with E-state index >= 15 is 0 Å². The average Bonchev–Trinajstić information content (AvgIpc) is 2.82. The number of aliphatic carboxylic acids is 1. The van der Waals surface area contributed by atoms with Gasteiger partial charge in [0.1, 0.15) is 18.1 Å². The Morgan fingerprint density at radius 3 is 1.81 bits per heavy atom. The molecule has 0 aromatic heterocycles. The van der Waals surface area contributed by atoms with E-state index in [1.54, 1.807) is 30.3 Å². The highest BCUT2D eigenvalue weighted by Crippen LogP contribution is 2.06. The molecule has 14 heteroatoms. The summed E-state index contributed by atoms with van der Waals surface area (Å²) in [4.78, 5) is 71.6. The molecule has 36 heavy (non-hydrogen) atoms. The van der Waals surface area contributed by atoms with Crippen molar-refractivity contribution in [1.29, 1.82) is 0 Å². The number of nitrogens with two attached hydrogens (primary N) is 3. The predicted molar refractivity (Wildman–Crippen MR) is 132 cm³/mol. The van der Waals surface area contributed by atoms with Crippen molar-refractivity contribution in [3.63, 3.8) is 0 Å². The lowest BCUT2D eigenvalue weighted by Crippen LogP contribution is -2.58. The Hall–Kier alpha value is -3.65. The number of benzene rings is 1. The van der Waals surface area contributed by atoms with Crippen LogP contribution in [0, 0.1) is 0 Å². The van der Waals surface area contributed by atoms with Gasteiger partial charge in [0.2, 0.25) is 29.5 Å². The first-order valence-electron chi connectivity index (χ1n) is 11.1. The topological polar surface area (TPSA) is 237 Å². The summed E-state index contributed by atoms with van der Waals surface area (Å²) >= 11 is 4.06. The molecule has 10 N–H and O–H groups in total. The minimum absolute atomic E-state index is 0.0234. The van der Waals surface area contributed by atoms with Crippen molar-refractivity contribution in [2.45, 2.75) is 56.3 Å². The van der Waals surface area contributed by atoms with Gasteiger partial charge in [-0.1, -0.05) is 30.3 Å². The van der Waals surface area contributed by atoms with E-state index in [0.717, 1.165) is 0 Å². The van der Waals surface area contributed by atoms with Crippen LogP contribution in [-0.2, 0) is 35.2 Å². The van der Waals surface area contributed by atoms with Gasteiger partial charge < -0.3 is 38.3 Å². The number of carbonyl (C=O) groups excluding carboxylic acids is 5. The fraction of sp³-hybridized carbons (Fsp3) is 0.455. The summed E-state index contributed by atoms with van der Waals surface area (Å²) in [5.41, 5.74) is 16.6. The van der Waals surface area contributed by atoms with Crippen molar-refractivity contribution >= 4 is 48.1 Å². The summed E-state index contributed by atoms with van der Waals surface area (Å²) in [5.74, 6) is -5.22. The zero-order valence-electron chi connectivity index (χ0n) is 19.5. The second-order valence-corrected chi connectivity index (χ2v) is 8.38. The maximum atomic E-state index is 13.0. The van der Waals surface area contributed by atoms with Gasteiger partial charge >= 0.3 is 5.97 Å². The molecule has 0 saturated carbocycles. The molecule has 0 aliphatic heterocycles. The number of carbonyl (C=O) groups is 6. The van der Waals surface area contributed by atoms with Crippen LogP contribution in [-0.4, -0.2) is 70.5 Å². The number of carboxylic acids is 1. The summed E-state index contributed by atoms with van der Waals surface area (Å²) in [6, 6.07) is 3.81. The van der Waals surface area contributed by atoms with Crippen molar-refractivity contribution < 1.29 is 33.9 Å². The minimum atomic E-state index is -1.41. The van der Waals surface area contributed by atoms with Crippen LogP contribution < -0.4 is 33.2 Å². The maximum Gasteiger partial charge on any atom is 0.326 e. The monoisotopic (exact) mass is 524 g/mol. The van der Waals surface area contributed by atoms with Gasteiger partial charge in [-0.15, -0.1) is 0 Å². The standard InChI is InChI=1S/C22H32N6O7S/c23-13(6-8-17(24)29)19(31)27-15(10-12-4-2-1-3-5-12)20(32)28-16(11-36)21(33)26-14(22(34)35)7-9-18(25)30/h1-5,13-16,36H,6-11,23H2,(H2,24,29)(H2,25,30)(H,26,33)(H,27,31)(H,28,32)(H,34,35). The SMILES string of the molecule is NC(=O)CCC(N)C(=O)NC(Cc1ccccc1)C(=O)NC(CS)C(=O)NC(CCC(N)=O)C(=O)O. The van der Waals surface area contributed by atoms with Crippen LogP contribution in [0.4, 0.5) is 0 Å². The van der Waals surface area contributed by atoms with Crippen LogP contribution >= 0.6 is 12.6 Å². The molecule has 0 spiro atoms. The Morgan fingerprint density at radius 1 is 0.778 bits per heavy atom. The van der Waals surface area contributed by atoms with Gasteiger partial charge in [-0.05, 0) is 18.4 Å². The number of carboxylic acid groups (broad SMARTS) is 1. The lowest BCUT2D eigenvalue weighted by Gasteiger charge is -2.24. The molecule has 4 atom stereocenters. The Bertz CT molecular complexity index is 946. The largest absolute Gasteiger partial charge is 0.480 e. The molecule has 4 unspecified atom stereocenters. The zero-order valence-corrected chi connectivity index (χ0v) is 20.4. The fourth-order valence-corrected chi connectivity index (χ4v) is 3.31. The molecular formula is C22H32N6O7S. The van der Waals surface area contributed by atoms with E-state index in [0.29, 0.717) is 5.56 Å². The molecule has 13 nitrogen and oxygen atoms in total. The summed E-state index contributed by atoms with van der Waals surface area (Å²) < 4.78 is 0. The Labute approximate surface area is 213 Å². The summed E-state index contributed by atoms with van der Waals surface area (Å²) in [7, 11) is 0. The number of amides is 5. The summed E-state index contributed by atoms with van der Waals surface area (Å²) in [6.45, 7) is 0. The summed E-state index contributed by atoms with van der Waals surface area (Å²) in [6.07, 6.45) is -0.592. The van der Waals surface area contributed by atoms with Crippen molar-refractivity contribution in [2.24, 2.45) is 17.2 Å². The number of thiol groups is 1. The van der Waals surface area contributed by atoms with Crippen molar-refractivity contribution in [3.05, 3.63) is 35.9 Å². The highest BCUT2D eigenvalue weighted by Gasteiger charge is 2.30. The van der Waals surface area contributed by atoms with E-state index in [1.165, 1.54) is 0 Å². The zero-order chi connectivity index (χ0) is 27.3.